The maximum absolute atomic E-state index is 12.8. The third-order valence-corrected chi connectivity index (χ3v) is 6.21. The molecule has 3 heterocycles. The molecule has 0 aliphatic heterocycles. The Bertz CT molecular complexity index is 1160. The highest BCUT2D eigenvalue weighted by Crippen LogP contribution is 2.27. The van der Waals surface area contributed by atoms with E-state index in [1.807, 2.05) is 54.8 Å². The van der Waals surface area contributed by atoms with Crippen LogP contribution in [0, 0.1) is 6.92 Å². The van der Waals surface area contributed by atoms with Gasteiger partial charge in [-0.1, -0.05) is 47.7 Å². The minimum Gasteiger partial charge on any atom is -0.460 e. The first kappa shape index (κ1) is 19.4. The lowest BCUT2D eigenvalue weighted by Gasteiger charge is -2.06. The highest BCUT2D eigenvalue weighted by molar-refractivity contribution is 7.13. The molecule has 4 aromatic rings. The number of thiazole rings is 1. The van der Waals surface area contributed by atoms with E-state index in [1.54, 1.807) is 20.8 Å². The second-order valence-corrected chi connectivity index (χ2v) is 8.25. The summed E-state index contributed by atoms with van der Waals surface area (Å²) in [6.45, 7) is 2.90. The van der Waals surface area contributed by atoms with Gasteiger partial charge in [0.2, 0.25) is 0 Å². The molecule has 0 atom stereocenters. The number of aromatic nitrogens is 3. The monoisotopic (exact) mass is 425 g/mol. The molecular weight excluding hydrogens is 406 g/mol. The largest absolute Gasteiger partial charge is 0.460 e. The molecule has 1 aromatic carbocycles. The van der Waals surface area contributed by atoms with Crippen LogP contribution in [0.15, 0.2) is 64.2 Å². The highest BCUT2D eigenvalue weighted by atomic mass is 32.1. The van der Waals surface area contributed by atoms with E-state index in [2.05, 4.69) is 5.10 Å². The van der Waals surface area contributed by atoms with E-state index in [0.29, 0.717) is 24.3 Å². The molecule has 0 fully saturated rings. The van der Waals surface area contributed by atoms with Crippen LogP contribution in [0.4, 0.5) is 0 Å². The summed E-state index contributed by atoms with van der Waals surface area (Å²) in [7, 11) is 0. The summed E-state index contributed by atoms with van der Waals surface area (Å²) < 4.78 is 8.84. The summed E-state index contributed by atoms with van der Waals surface area (Å²) in [6.07, 6.45) is 1.73. The van der Waals surface area contributed by atoms with Crippen molar-refractivity contribution in [2.24, 2.45) is 0 Å². The van der Waals surface area contributed by atoms with Crippen LogP contribution < -0.4 is 4.87 Å². The van der Waals surface area contributed by atoms with Gasteiger partial charge in [0.1, 0.15) is 17.9 Å². The predicted molar refractivity (Wildman–Crippen MR) is 115 cm³/mol. The van der Waals surface area contributed by atoms with Gasteiger partial charge in [-0.3, -0.25) is 14.0 Å². The van der Waals surface area contributed by atoms with Gasteiger partial charge in [-0.2, -0.15) is 5.10 Å². The zero-order valence-electron chi connectivity index (χ0n) is 15.8. The molecule has 0 aliphatic rings. The molecule has 0 N–H and O–H groups in total. The van der Waals surface area contributed by atoms with Crippen molar-refractivity contribution in [3.05, 3.63) is 85.9 Å². The Labute approximate surface area is 175 Å². The van der Waals surface area contributed by atoms with Crippen molar-refractivity contribution in [1.82, 2.24) is 14.3 Å². The first-order chi connectivity index (χ1) is 14.1. The van der Waals surface area contributed by atoms with E-state index in [4.69, 9.17) is 4.74 Å². The quantitative estimate of drug-likeness (QED) is 0.419. The summed E-state index contributed by atoms with van der Waals surface area (Å²) in [6, 6.07) is 13.8. The average Bonchev–Trinajstić information content (AvgIpc) is 3.45. The highest BCUT2D eigenvalue weighted by Gasteiger charge is 2.20. The molecule has 8 heteroatoms. The fourth-order valence-electron chi connectivity index (χ4n) is 3.00. The molecule has 148 valence electrons. The van der Waals surface area contributed by atoms with Gasteiger partial charge in [0.25, 0.3) is 0 Å². The average molecular weight is 426 g/mol. The second kappa shape index (κ2) is 8.59. The van der Waals surface area contributed by atoms with Crippen molar-refractivity contribution in [1.29, 1.82) is 0 Å². The van der Waals surface area contributed by atoms with Crippen LogP contribution in [0.2, 0.25) is 0 Å². The van der Waals surface area contributed by atoms with E-state index >= 15 is 0 Å². The summed E-state index contributed by atoms with van der Waals surface area (Å²) in [4.78, 5) is 25.4. The van der Waals surface area contributed by atoms with Crippen LogP contribution >= 0.6 is 22.7 Å². The van der Waals surface area contributed by atoms with Crippen LogP contribution in [0.3, 0.4) is 0 Å². The molecule has 29 heavy (non-hydrogen) atoms. The second-order valence-electron chi connectivity index (χ2n) is 6.48. The van der Waals surface area contributed by atoms with E-state index in [9.17, 15) is 9.59 Å². The first-order valence-corrected chi connectivity index (χ1v) is 10.8. The van der Waals surface area contributed by atoms with Gasteiger partial charge in [-0.15, -0.1) is 11.3 Å². The van der Waals surface area contributed by atoms with E-state index in [1.165, 1.54) is 11.3 Å². The van der Waals surface area contributed by atoms with E-state index in [0.717, 1.165) is 27.5 Å². The molecule has 6 nitrogen and oxygen atoms in total. The van der Waals surface area contributed by atoms with Crippen molar-refractivity contribution >= 4 is 28.6 Å². The number of nitrogens with zero attached hydrogens (tertiary/aromatic N) is 3. The van der Waals surface area contributed by atoms with Crippen LogP contribution in [0.5, 0.6) is 0 Å². The summed E-state index contributed by atoms with van der Waals surface area (Å²) in [5.74, 6) is -0.436. The number of aryl methyl sites for hydroxylation is 1. The maximum Gasteiger partial charge on any atom is 0.342 e. The number of carbonyl (C=O) groups excluding carboxylic acids is 1. The van der Waals surface area contributed by atoms with Crippen molar-refractivity contribution in [2.75, 3.05) is 6.61 Å². The third kappa shape index (κ3) is 4.38. The lowest BCUT2D eigenvalue weighted by Crippen LogP contribution is -2.19. The Hall–Kier alpha value is -2.97. The van der Waals surface area contributed by atoms with E-state index in [-0.39, 0.29) is 11.5 Å². The number of ether oxygens (including phenoxy) is 1. The molecular formula is C21H19N3O3S2. The smallest absolute Gasteiger partial charge is 0.342 e. The predicted octanol–water partition coefficient (Wildman–Crippen LogP) is 4.05. The molecule has 0 bridgehead atoms. The fourth-order valence-corrected chi connectivity index (χ4v) is 4.48. The zero-order chi connectivity index (χ0) is 20.2. The fraction of sp³-hybridized carbons (Fsp3) is 0.190. The Kier molecular flexibility index (Phi) is 5.73. The normalized spacial score (nSPS) is 10.9. The molecule has 0 radical (unpaired) electrons. The Morgan fingerprint density at radius 1 is 1.14 bits per heavy atom. The minimum absolute atomic E-state index is 0.0477. The van der Waals surface area contributed by atoms with Crippen LogP contribution in [0.1, 0.15) is 21.6 Å². The van der Waals surface area contributed by atoms with Gasteiger partial charge in [0, 0.05) is 17.3 Å². The van der Waals surface area contributed by atoms with Crippen molar-refractivity contribution < 1.29 is 9.53 Å². The third-order valence-electron chi connectivity index (χ3n) is 4.45. The number of benzene rings is 1. The van der Waals surface area contributed by atoms with Crippen molar-refractivity contribution in [3.8, 4) is 10.6 Å². The zero-order valence-corrected chi connectivity index (χ0v) is 17.4. The van der Waals surface area contributed by atoms with Gasteiger partial charge < -0.3 is 4.74 Å². The van der Waals surface area contributed by atoms with Crippen LogP contribution in [-0.2, 0) is 17.8 Å². The number of rotatable bonds is 7. The molecule has 0 saturated heterocycles. The van der Waals surface area contributed by atoms with Gasteiger partial charge in [-0.25, -0.2) is 4.79 Å². The SMILES string of the molecule is Cc1csc(=O)n1CCOC(=O)c1cn(Cc2ccccc2)nc1-c1cccs1. The Morgan fingerprint density at radius 2 is 1.97 bits per heavy atom. The standard InChI is InChI=1S/C21H19N3O3S2/c1-15-14-29-21(26)24(15)9-10-27-20(25)17-13-23(12-16-6-3-2-4-7-16)22-19(17)18-8-5-11-28-18/h2-8,11,13-14H,9-10,12H2,1H3. The van der Waals surface area contributed by atoms with Crippen LogP contribution in [0.25, 0.3) is 10.6 Å². The summed E-state index contributed by atoms with van der Waals surface area (Å²) >= 11 is 2.67. The molecule has 0 unspecified atom stereocenters. The van der Waals surface area contributed by atoms with Crippen molar-refractivity contribution in [3.63, 3.8) is 0 Å². The minimum atomic E-state index is -0.436. The maximum atomic E-state index is 12.8. The van der Waals surface area contributed by atoms with E-state index < -0.39 is 5.97 Å². The summed E-state index contributed by atoms with van der Waals surface area (Å²) in [5, 5.41) is 8.38. The number of hydrogen-bond acceptors (Lipinski definition) is 6. The summed E-state index contributed by atoms with van der Waals surface area (Å²) in [5.41, 5.74) is 3.01. The Balaban J connectivity index is 1.53. The van der Waals surface area contributed by atoms with Gasteiger partial charge in [0.15, 0.2) is 0 Å². The number of esters is 1. The number of thiophene rings is 1. The molecule has 0 aliphatic carbocycles. The number of hydrogen-bond donors (Lipinski definition) is 0. The van der Waals surface area contributed by atoms with Gasteiger partial charge in [0.05, 0.1) is 18.0 Å². The first-order valence-electron chi connectivity index (χ1n) is 9.09. The molecule has 4 rings (SSSR count). The number of carbonyl (C=O) groups is 1. The topological polar surface area (TPSA) is 66.1 Å². The Morgan fingerprint density at radius 3 is 2.66 bits per heavy atom. The lowest BCUT2D eigenvalue weighted by atomic mass is 10.2. The van der Waals surface area contributed by atoms with Gasteiger partial charge >= 0.3 is 10.8 Å². The lowest BCUT2D eigenvalue weighted by molar-refractivity contribution is 0.0491. The molecule has 0 amide bonds. The molecule has 0 saturated carbocycles. The molecule has 3 aromatic heterocycles. The van der Waals surface area contributed by atoms with Crippen LogP contribution in [-0.4, -0.2) is 26.9 Å². The van der Waals surface area contributed by atoms with Gasteiger partial charge in [-0.05, 0) is 23.9 Å². The van der Waals surface area contributed by atoms with Crippen molar-refractivity contribution in [2.45, 2.75) is 20.0 Å². The molecule has 0 spiro atoms.